The molecule has 0 aromatic rings. The minimum absolute atomic E-state index is 0.385. The first-order chi connectivity index (χ1) is 6.26. The second-order valence-corrected chi connectivity index (χ2v) is 4.66. The molecule has 0 radical (unpaired) electrons. The SMILES string of the molecule is CCC1(CC)CCC(CCO)CC1. The molecule has 1 saturated carbocycles. The molecule has 0 spiro atoms. The lowest BCUT2D eigenvalue weighted by atomic mass is 9.67. The van der Waals surface area contributed by atoms with Gasteiger partial charge >= 0.3 is 0 Å². The average molecular weight is 184 g/mol. The maximum atomic E-state index is 8.86. The highest BCUT2D eigenvalue weighted by Gasteiger charge is 2.31. The van der Waals surface area contributed by atoms with Gasteiger partial charge in [0.15, 0.2) is 0 Å². The van der Waals surface area contributed by atoms with Crippen molar-refractivity contribution in [3.05, 3.63) is 0 Å². The Kier molecular flexibility index (Phi) is 4.24. The van der Waals surface area contributed by atoms with Crippen LogP contribution in [0.2, 0.25) is 0 Å². The van der Waals surface area contributed by atoms with E-state index in [0.717, 1.165) is 12.3 Å². The molecule has 0 amide bonds. The fraction of sp³-hybridized carbons (Fsp3) is 1.00. The molecule has 0 unspecified atom stereocenters. The van der Waals surface area contributed by atoms with Crippen LogP contribution in [0.4, 0.5) is 0 Å². The Morgan fingerprint density at radius 1 is 1.15 bits per heavy atom. The molecule has 0 bridgehead atoms. The summed E-state index contributed by atoms with van der Waals surface area (Å²) < 4.78 is 0. The smallest absolute Gasteiger partial charge is 0.0433 e. The highest BCUT2D eigenvalue weighted by molar-refractivity contribution is 4.83. The van der Waals surface area contributed by atoms with Crippen molar-refractivity contribution in [1.82, 2.24) is 0 Å². The van der Waals surface area contributed by atoms with Gasteiger partial charge in [0.2, 0.25) is 0 Å². The number of aliphatic hydroxyl groups is 1. The Hall–Kier alpha value is -0.0400. The van der Waals surface area contributed by atoms with Gasteiger partial charge in [-0.25, -0.2) is 0 Å². The first kappa shape index (κ1) is 11.0. The average Bonchev–Trinajstić information content (AvgIpc) is 2.20. The van der Waals surface area contributed by atoms with Crippen molar-refractivity contribution < 1.29 is 5.11 Å². The zero-order valence-electron chi connectivity index (χ0n) is 9.18. The molecule has 78 valence electrons. The molecule has 0 atom stereocenters. The molecule has 1 fully saturated rings. The minimum Gasteiger partial charge on any atom is -0.396 e. The topological polar surface area (TPSA) is 20.2 Å². The van der Waals surface area contributed by atoms with E-state index >= 15 is 0 Å². The van der Waals surface area contributed by atoms with Gasteiger partial charge in [0.05, 0.1) is 0 Å². The van der Waals surface area contributed by atoms with Gasteiger partial charge in [-0.1, -0.05) is 26.7 Å². The van der Waals surface area contributed by atoms with Crippen molar-refractivity contribution in [2.75, 3.05) is 6.61 Å². The van der Waals surface area contributed by atoms with Crippen molar-refractivity contribution in [3.8, 4) is 0 Å². The Balaban J connectivity index is 2.36. The van der Waals surface area contributed by atoms with Gasteiger partial charge in [-0.2, -0.15) is 0 Å². The first-order valence-corrected chi connectivity index (χ1v) is 5.87. The fourth-order valence-electron chi connectivity index (χ4n) is 2.72. The summed E-state index contributed by atoms with van der Waals surface area (Å²) in [6, 6.07) is 0. The van der Waals surface area contributed by atoms with Gasteiger partial charge in [-0.3, -0.25) is 0 Å². The third-order valence-corrected chi connectivity index (χ3v) is 4.20. The second kappa shape index (κ2) is 4.99. The summed E-state index contributed by atoms with van der Waals surface area (Å²) >= 11 is 0. The summed E-state index contributed by atoms with van der Waals surface area (Å²) in [5.41, 5.74) is 0.659. The van der Waals surface area contributed by atoms with Crippen LogP contribution >= 0.6 is 0 Å². The molecular weight excluding hydrogens is 160 g/mol. The van der Waals surface area contributed by atoms with E-state index in [1.807, 2.05) is 0 Å². The highest BCUT2D eigenvalue weighted by Crippen LogP contribution is 2.44. The standard InChI is InChI=1S/C12H24O/c1-3-12(4-2)8-5-11(6-9-12)7-10-13/h11,13H,3-10H2,1-2H3. The van der Waals surface area contributed by atoms with Crippen molar-refractivity contribution in [3.63, 3.8) is 0 Å². The van der Waals surface area contributed by atoms with Crippen LogP contribution in [0, 0.1) is 11.3 Å². The molecule has 1 N–H and O–H groups in total. The van der Waals surface area contributed by atoms with Gasteiger partial charge < -0.3 is 5.11 Å². The van der Waals surface area contributed by atoms with Gasteiger partial charge in [0, 0.05) is 6.61 Å². The minimum atomic E-state index is 0.385. The molecule has 1 rings (SSSR count). The van der Waals surface area contributed by atoms with Crippen molar-refractivity contribution in [2.24, 2.45) is 11.3 Å². The lowest BCUT2D eigenvalue weighted by Gasteiger charge is -2.39. The van der Waals surface area contributed by atoms with Crippen molar-refractivity contribution in [2.45, 2.75) is 58.8 Å². The van der Waals surface area contributed by atoms with Crippen LogP contribution in [0.15, 0.2) is 0 Å². The summed E-state index contributed by atoms with van der Waals surface area (Å²) in [4.78, 5) is 0. The molecule has 13 heavy (non-hydrogen) atoms. The number of hydrogen-bond acceptors (Lipinski definition) is 1. The molecular formula is C12H24O. The largest absolute Gasteiger partial charge is 0.396 e. The summed E-state index contributed by atoms with van der Waals surface area (Å²) in [7, 11) is 0. The van der Waals surface area contributed by atoms with Gasteiger partial charge in [-0.15, -0.1) is 0 Å². The van der Waals surface area contributed by atoms with E-state index < -0.39 is 0 Å². The molecule has 0 aromatic heterocycles. The zero-order valence-corrected chi connectivity index (χ0v) is 9.18. The number of hydrogen-bond donors (Lipinski definition) is 1. The third kappa shape index (κ3) is 2.70. The third-order valence-electron chi connectivity index (χ3n) is 4.20. The Labute approximate surface area is 82.5 Å². The number of rotatable bonds is 4. The van der Waals surface area contributed by atoms with Crippen LogP contribution in [0.3, 0.4) is 0 Å². The van der Waals surface area contributed by atoms with Gasteiger partial charge in [0.25, 0.3) is 0 Å². The Bertz CT molecular complexity index is 128. The predicted octanol–water partition coefficient (Wildman–Crippen LogP) is 3.37. The predicted molar refractivity (Wildman–Crippen MR) is 56.7 cm³/mol. The maximum Gasteiger partial charge on any atom is 0.0433 e. The normalized spacial score (nSPS) is 23.3. The van der Waals surface area contributed by atoms with E-state index in [4.69, 9.17) is 5.11 Å². The molecule has 0 saturated heterocycles. The molecule has 0 aliphatic heterocycles. The van der Waals surface area contributed by atoms with E-state index in [2.05, 4.69) is 13.8 Å². The van der Waals surface area contributed by atoms with E-state index in [-0.39, 0.29) is 0 Å². The van der Waals surface area contributed by atoms with E-state index in [1.54, 1.807) is 0 Å². The van der Waals surface area contributed by atoms with Crippen LogP contribution in [-0.2, 0) is 0 Å². The fourth-order valence-corrected chi connectivity index (χ4v) is 2.72. The second-order valence-electron chi connectivity index (χ2n) is 4.66. The van der Waals surface area contributed by atoms with Crippen molar-refractivity contribution in [1.29, 1.82) is 0 Å². The lowest BCUT2D eigenvalue weighted by Crippen LogP contribution is -2.26. The van der Waals surface area contributed by atoms with Crippen LogP contribution < -0.4 is 0 Å². The van der Waals surface area contributed by atoms with Crippen LogP contribution in [0.5, 0.6) is 0 Å². The van der Waals surface area contributed by atoms with Gasteiger partial charge in [0.1, 0.15) is 0 Å². The summed E-state index contributed by atoms with van der Waals surface area (Å²) in [6.07, 6.45) is 9.20. The summed E-state index contributed by atoms with van der Waals surface area (Å²) in [6.45, 7) is 5.04. The van der Waals surface area contributed by atoms with E-state index in [0.29, 0.717) is 12.0 Å². The Morgan fingerprint density at radius 2 is 1.69 bits per heavy atom. The number of aliphatic hydroxyl groups excluding tert-OH is 1. The Morgan fingerprint density at radius 3 is 2.08 bits per heavy atom. The molecule has 1 nitrogen and oxygen atoms in total. The van der Waals surface area contributed by atoms with E-state index in [9.17, 15) is 0 Å². The van der Waals surface area contributed by atoms with Gasteiger partial charge in [-0.05, 0) is 43.4 Å². The monoisotopic (exact) mass is 184 g/mol. The maximum absolute atomic E-state index is 8.86. The van der Waals surface area contributed by atoms with Crippen molar-refractivity contribution >= 4 is 0 Å². The van der Waals surface area contributed by atoms with Crippen LogP contribution in [0.1, 0.15) is 58.8 Å². The summed E-state index contributed by atoms with van der Waals surface area (Å²) in [5, 5.41) is 8.86. The van der Waals surface area contributed by atoms with Crippen LogP contribution in [0.25, 0.3) is 0 Å². The molecule has 1 heteroatoms. The molecule has 0 heterocycles. The molecule has 1 aliphatic rings. The highest BCUT2D eigenvalue weighted by atomic mass is 16.3. The summed E-state index contributed by atoms with van der Waals surface area (Å²) in [5.74, 6) is 0.816. The quantitative estimate of drug-likeness (QED) is 0.710. The van der Waals surface area contributed by atoms with E-state index in [1.165, 1.54) is 38.5 Å². The zero-order chi connectivity index (χ0) is 9.73. The molecule has 0 aromatic carbocycles. The van der Waals surface area contributed by atoms with Crippen LogP contribution in [-0.4, -0.2) is 11.7 Å². The first-order valence-electron chi connectivity index (χ1n) is 5.87. The molecule has 1 aliphatic carbocycles. The lowest BCUT2D eigenvalue weighted by molar-refractivity contribution is 0.120.